The Morgan fingerprint density at radius 3 is 2.59 bits per heavy atom. The normalized spacial score (nSPS) is 11.1. The lowest BCUT2D eigenvalue weighted by Crippen LogP contribution is -2.02. The fourth-order valence-corrected chi connectivity index (χ4v) is 3.25. The van der Waals surface area contributed by atoms with Gasteiger partial charge in [0.1, 0.15) is 5.82 Å². The monoisotopic (exact) mass is 352 g/mol. The number of imidazole rings is 1. The first-order chi connectivity index (χ1) is 13.3. The van der Waals surface area contributed by atoms with Gasteiger partial charge in [0.05, 0.1) is 17.2 Å². The number of hydrogen-bond acceptors (Lipinski definition) is 4. The van der Waals surface area contributed by atoms with Crippen molar-refractivity contribution in [3.8, 4) is 22.9 Å². The number of fused-ring (bicyclic) bond motifs is 1. The van der Waals surface area contributed by atoms with Gasteiger partial charge in [-0.25, -0.2) is 14.6 Å². The summed E-state index contributed by atoms with van der Waals surface area (Å²) in [6.45, 7) is 2.07. The maximum Gasteiger partial charge on any atom is 0.153 e. The predicted molar refractivity (Wildman–Crippen MR) is 104 cm³/mol. The highest BCUT2D eigenvalue weighted by Crippen LogP contribution is 2.30. The summed E-state index contributed by atoms with van der Waals surface area (Å²) >= 11 is 0. The Morgan fingerprint density at radius 1 is 0.926 bits per heavy atom. The zero-order valence-electron chi connectivity index (χ0n) is 14.7. The molecule has 4 heterocycles. The maximum atomic E-state index is 4.87. The molecule has 5 aromatic rings. The Kier molecular flexibility index (Phi) is 3.53. The number of rotatable bonds is 3. The van der Waals surface area contributed by atoms with Crippen LogP contribution in [0.15, 0.2) is 79.5 Å². The Morgan fingerprint density at radius 2 is 1.81 bits per heavy atom. The maximum absolute atomic E-state index is 4.87. The molecule has 27 heavy (non-hydrogen) atoms. The molecule has 5 rings (SSSR count). The van der Waals surface area contributed by atoms with Crippen LogP contribution >= 0.6 is 0 Å². The molecule has 1 aromatic carbocycles. The molecule has 0 N–H and O–H groups in total. The van der Waals surface area contributed by atoms with Gasteiger partial charge in [0.2, 0.25) is 0 Å². The van der Waals surface area contributed by atoms with Crippen LogP contribution in [0.1, 0.15) is 5.56 Å². The Balaban J connectivity index is 1.74. The summed E-state index contributed by atoms with van der Waals surface area (Å²) in [6.07, 6.45) is 9.10. The fraction of sp³-hybridized carbons (Fsp3) is 0.0476. The molecule has 0 aliphatic rings. The van der Waals surface area contributed by atoms with Crippen molar-refractivity contribution in [2.75, 3.05) is 0 Å². The van der Waals surface area contributed by atoms with Gasteiger partial charge in [-0.1, -0.05) is 18.2 Å². The van der Waals surface area contributed by atoms with Crippen LogP contribution < -0.4 is 0 Å². The molecule has 130 valence electrons. The summed E-state index contributed by atoms with van der Waals surface area (Å²) in [6, 6.07) is 16.0. The quantitative estimate of drug-likeness (QED) is 0.493. The van der Waals surface area contributed by atoms with Gasteiger partial charge in [-0.05, 0) is 42.8 Å². The van der Waals surface area contributed by atoms with Crippen molar-refractivity contribution in [1.82, 2.24) is 29.3 Å². The third kappa shape index (κ3) is 2.58. The second-order valence-corrected chi connectivity index (χ2v) is 6.28. The number of nitrogens with zero attached hydrogens (tertiary/aromatic N) is 6. The predicted octanol–water partition coefficient (Wildman–Crippen LogP) is 3.98. The van der Waals surface area contributed by atoms with Crippen molar-refractivity contribution in [3.05, 3.63) is 85.1 Å². The lowest BCUT2D eigenvalue weighted by Gasteiger charge is -2.11. The molecule has 0 radical (unpaired) electrons. The van der Waals surface area contributed by atoms with E-state index in [2.05, 4.69) is 38.7 Å². The van der Waals surface area contributed by atoms with Gasteiger partial charge in [-0.2, -0.15) is 5.10 Å². The number of pyridine rings is 2. The van der Waals surface area contributed by atoms with E-state index in [9.17, 15) is 0 Å². The van der Waals surface area contributed by atoms with Crippen LogP contribution in [0.3, 0.4) is 0 Å². The number of aromatic nitrogens is 6. The Bertz CT molecular complexity index is 1220. The Hall–Kier alpha value is -3.80. The number of benzene rings is 1. The molecule has 0 saturated heterocycles. The van der Waals surface area contributed by atoms with Crippen molar-refractivity contribution in [3.63, 3.8) is 0 Å². The van der Waals surface area contributed by atoms with E-state index in [1.807, 2.05) is 55.0 Å². The number of aryl methyl sites for hydroxylation is 1. The van der Waals surface area contributed by atoms with Crippen LogP contribution in [-0.4, -0.2) is 29.3 Å². The van der Waals surface area contributed by atoms with Crippen LogP contribution in [0.2, 0.25) is 0 Å². The number of hydrogen-bond donors (Lipinski definition) is 0. The molecule has 0 unspecified atom stereocenters. The third-order valence-electron chi connectivity index (χ3n) is 4.55. The van der Waals surface area contributed by atoms with E-state index < -0.39 is 0 Å². The highest BCUT2D eigenvalue weighted by molar-refractivity contribution is 5.83. The highest BCUT2D eigenvalue weighted by atomic mass is 15.3. The van der Waals surface area contributed by atoms with Crippen LogP contribution in [0.5, 0.6) is 0 Å². The standard InChI is InChI=1S/C21H16N6/c1-15-12-20(26-11-5-9-24-26)23-13-17(15)21-25-18-8-10-22-14-19(18)27(21)16-6-3-2-4-7-16/h2-14H,1H3. The largest absolute Gasteiger partial charge is 0.291 e. The minimum absolute atomic E-state index is 0.783. The van der Waals surface area contributed by atoms with Gasteiger partial charge in [0, 0.05) is 36.0 Å². The van der Waals surface area contributed by atoms with Crippen LogP contribution in [-0.2, 0) is 0 Å². The van der Waals surface area contributed by atoms with Crippen LogP contribution in [0.4, 0.5) is 0 Å². The highest BCUT2D eigenvalue weighted by Gasteiger charge is 2.17. The average molecular weight is 352 g/mol. The minimum atomic E-state index is 0.783. The second-order valence-electron chi connectivity index (χ2n) is 6.28. The molecule has 0 atom stereocenters. The van der Waals surface area contributed by atoms with E-state index >= 15 is 0 Å². The summed E-state index contributed by atoms with van der Waals surface area (Å²) in [7, 11) is 0. The van der Waals surface area contributed by atoms with Crippen molar-refractivity contribution in [2.45, 2.75) is 6.92 Å². The molecule has 6 nitrogen and oxygen atoms in total. The van der Waals surface area contributed by atoms with Gasteiger partial charge < -0.3 is 0 Å². The SMILES string of the molecule is Cc1cc(-n2cccn2)ncc1-c1nc2ccncc2n1-c1ccccc1. The van der Waals surface area contributed by atoms with Gasteiger partial charge in [0.25, 0.3) is 0 Å². The molecule has 0 spiro atoms. The smallest absolute Gasteiger partial charge is 0.153 e. The lowest BCUT2D eigenvalue weighted by molar-refractivity contribution is 0.845. The second kappa shape index (κ2) is 6.17. The molecule has 0 fully saturated rings. The fourth-order valence-electron chi connectivity index (χ4n) is 3.25. The third-order valence-corrected chi connectivity index (χ3v) is 4.55. The van der Waals surface area contributed by atoms with E-state index in [-0.39, 0.29) is 0 Å². The summed E-state index contributed by atoms with van der Waals surface area (Å²) in [5, 5.41) is 4.25. The van der Waals surface area contributed by atoms with E-state index in [4.69, 9.17) is 4.98 Å². The molecular weight excluding hydrogens is 336 g/mol. The first-order valence-corrected chi connectivity index (χ1v) is 8.66. The zero-order chi connectivity index (χ0) is 18.2. The van der Waals surface area contributed by atoms with E-state index in [1.54, 1.807) is 17.1 Å². The first kappa shape index (κ1) is 15.5. The van der Waals surface area contributed by atoms with Gasteiger partial charge in [-0.15, -0.1) is 0 Å². The molecule has 0 amide bonds. The molecule has 0 aliphatic heterocycles. The first-order valence-electron chi connectivity index (χ1n) is 8.66. The zero-order valence-corrected chi connectivity index (χ0v) is 14.7. The molecular formula is C21H16N6. The van der Waals surface area contributed by atoms with E-state index in [0.717, 1.165) is 39.5 Å². The van der Waals surface area contributed by atoms with Gasteiger partial charge >= 0.3 is 0 Å². The summed E-state index contributed by atoms with van der Waals surface area (Å²) in [4.78, 5) is 13.8. The van der Waals surface area contributed by atoms with E-state index in [1.165, 1.54) is 0 Å². The number of para-hydroxylation sites is 1. The topological polar surface area (TPSA) is 61.4 Å². The average Bonchev–Trinajstić information content (AvgIpc) is 3.36. The molecule has 0 aliphatic carbocycles. The van der Waals surface area contributed by atoms with Crippen molar-refractivity contribution >= 4 is 11.0 Å². The van der Waals surface area contributed by atoms with E-state index in [0.29, 0.717) is 0 Å². The molecule has 4 aromatic heterocycles. The summed E-state index contributed by atoms with van der Waals surface area (Å²) in [5.41, 5.74) is 4.97. The molecule has 6 heteroatoms. The van der Waals surface area contributed by atoms with Crippen molar-refractivity contribution in [1.29, 1.82) is 0 Å². The Labute approximate surface area is 155 Å². The lowest BCUT2D eigenvalue weighted by atomic mass is 10.1. The molecule has 0 saturated carbocycles. The van der Waals surface area contributed by atoms with Crippen molar-refractivity contribution in [2.24, 2.45) is 0 Å². The summed E-state index contributed by atoms with van der Waals surface area (Å²) < 4.78 is 3.88. The summed E-state index contributed by atoms with van der Waals surface area (Å²) in [5.74, 6) is 1.63. The minimum Gasteiger partial charge on any atom is -0.291 e. The van der Waals surface area contributed by atoms with Crippen LogP contribution in [0, 0.1) is 6.92 Å². The van der Waals surface area contributed by atoms with Crippen LogP contribution in [0.25, 0.3) is 33.9 Å². The molecule has 0 bridgehead atoms. The van der Waals surface area contributed by atoms with Gasteiger partial charge in [-0.3, -0.25) is 9.55 Å². The van der Waals surface area contributed by atoms with Gasteiger partial charge in [0.15, 0.2) is 5.82 Å². The van der Waals surface area contributed by atoms with Crippen molar-refractivity contribution < 1.29 is 0 Å².